The molecule has 1 aliphatic heterocycles. The van der Waals surface area contributed by atoms with E-state index in [0.717, 1.165) is 11.1 Å². The van der Waals surface area contributed by atoms with Gasteiger partial charge in [0.05, 0.1) is 23.6 Å². The molecule has 1 heterocycles. The molecular formula is C26H21NO4S2. The van der Waals surface area contributed by atoms with Gasteiger partial charge in [-0.3, -0.25) is 9.69 Å². The van der Waals surface area contributed by atoms with Gasteiger partial charge < -0.3 is 9.47 Å². The monoisotopic (exact) mass is 475 g/mol. The molecule has 0 aromatic heterocycles. The predicted octanol–water partition coefficient (Wildman–Crippen LogP) is 5.71. The molecule has 0 radical (unpaired) electrons. The number of nitrogens with zero attached hydrogens (tertiary/aromatic N) is 1. The molecule has 1 amide bonds. The van der Waals surface area contributed by atoms with Gasteiger partial charge in [0.1, 0.15) is 4.32 Å². The zero-order chi connectivity index (χ0) is 23.2. The number of carbonyl (C=O) groups excluding carboxylic acids is 2. The van der Waals surface area contributed by atoms with Gasteiger partial charge in [-0.15, -0.1) is 0 Å². The molecule has 0 spiro atoms. The van der Waals surface area contributed by atoms with E-state index in [1.165, 1.54) is 11.8 Å². The highest BCUT2D eigenvalue weighted by atomic mass is 32.2. The predicted molar refractivity (Wildman–Crippen MR) is 134 cm³/mol. The Morgan fingerprint density at radius 3 is 2.39 bits per heavy atom. The summed E-state index contributed by atoms with van der Waals surface area (Å²) in [6.07, 6.45) is 1.77. The number of benzene rings is 3. The number of ether oxygens (including phenoxy) is 2. The normalized spacial score (nSPS) is 14.6. The summed E-state index contributed by atoms with van der Waals surface area (Å²) >= 11 is 6.71. The molecule has 33 heavy (non-hydrogen) atoms. The standard InChI is InChI=1S/C26H21NO4S2/c1-2-30-22-15-19(13-14-21(22)31-25(29)20-11-7-4-8-12-20)16-23-24(28)27(26(32)33-23)17-18-9-5-3-6-10-18/h3-16H,2,17H2,1H3. The summed E-state index contributed by atoms with van der Waals surface area (Å²) in [7, 11) is 0. The maximum atomic E-state index is 13.0. The zero-order valence-corrected chi connectivity index (χ0v) is 19.5. The third kappa shape index (κ3) is 5.50. The quantitative estimate of drug-likeness (QED) is 0.189. The Kier molecular flexibility index (Phi) is 7.22. The van der Waals surface area contributed by atoms with Crippen LogP contribution in [0.15, 0.2) is 83.8 Å². The second kappa shape index (κ2) is 10.5. The Morgan fingerprint density at radius 1 is 1.00 bits per heavy atom. The van der Waals surface area contributed by atoms with Gasteiger partial charge in [-0.2, -0.15) is 0 Å². The van der Waals surface area contributed by atoms with Gasteiger partial charge in [0, 0.05) is 0 Å². The fraction of sp³-hybridized carbons (Fsp3) is 0.115. The average molecular weight is 476 g/mol. The van der Waals surface area contributed by atoms with E-state index >= 15 is 0 Å². The van der Waals surface area contributed by atoms with Crippen molar-refractivity contribution in [3.05, 3.63) is 100 Å². The summed E-state index contributed by atoms with van der Waals surface area (Å²) < 4.78 is 11.8. The molecule has 166 valence electrons. The smallest absolute Gasteiger partial charge is 0.343 e. The summed E-state index contributed by atoms with van der Waals surface area (Å²) in [6, 6.07) is 23.7. The van der Waals surface area contributed by atoms with E-state index < -0.39 is 5.97 Å². The molecular weight excluding hydrogens is 454 g/mol. The van der Waals surface area contributed by atoms with Gasteiger partial charge in [-0.25, -0.2) is 4.79 Å². The van der Waals surface area contributed by atoms with Crippen LogP contribution in [0.2, 0.25) is 0 Å². The highest BCUT2D eigenvalue weighted by Crippen LogP contribution is 2.35. The molecule has 7 heteroatoms. The molecule has 3 aromatic rings. The second-order valence-corrected chi connectivity index (χ2v) is 8.82. The molecule has 0 bridgehead atoms. The van der Waals surface area contributed by atoms with Gasteiger partial charge in [0.2, 0.25) is 0 Å². The Labute approximate surface area is 202 Å². The van der Waals surface area contributed by atoms with Gasteiger partial charge in [0.15, 0.2) is 11.5 Å². The van der Waals surface area contributed by atoms with E-state index in [4.69, 9.17) is 21.7 Å². The molecule has 5 nitrogen and oxygen atoms in total. The second-order valence-electron chi connectivity index (χ2n) is 7.15. The Balaban J connectivity index is 1.54. The van der Waals surface area contributed by atoms with Crippen molar-refractivity contribution in [1.29, 1.82) is 0 Å². The fourth-order valence-electron chi connectivity index (χ4n) is 3.25. The van der Waals surface area contributed by atoms with E-state index in [9.17, 15) is 9.59 Å². The maximum absolute atomic E-state index is 13.0. The number of thiocarbonyl (C=S) groups is 1. The lowest BCUT2D eigenvalue weighted by atomic mass is 10.1. The summed E-state index contributed by atoms with van der Waals surface area (Å²) in [5.74, 6) is 0.146. The molecule has 1 fully saturated rings. The lowest BCUT2D eigenvalue weighted by Crippen LogP contribution is -2.27. The summed E-state index contributed by atoms with van der Waals surface area (Å²) in [5, 5.41) is 0. The first kappa shape index (κ1) is 22.8. The SMILES string of the molecule is CCOc1cc(C=C2SC(=S)N(Cc3ccccc3)C2=O)ccc1OC(=O)c1ccccc1. The van der Waals surface area contributed by atoms with E-state index in [1.54, 1.807) is 53.4 Å². The lowest BCUT2D eigenvalue weighted by molar-refractivity contribution is -0.122. The molecule has 1 aliphatic rings. The van der Waals surface area contributed by atoms with Crippen LogP contribution in [-0.2, 0) is 11.3 Å². The number of hydrogen-bond acceptors (Lipinski definition) is 6. The first-order valence-electron chi connectivity index (χ1n) is 10.4. The average Bonchev–Trinajstić information content (AvgIpc) is 3.09. The molecule has 0 aliphatic carbocycles. The van der Waals surface area contributed by atoms with Crippen molar-refractivity contribution in [1.82, 2.24) is 4.90 Å². The minimum atomic E-state index is -0.467. The highest BCUT2D eigenvalue weighted by molar-refractivity contribution is 8.26. The number of hydrogen-bond donors (Lipinski definition) is 0. The number of amides is 1. The molecule has 1 saturated heterocycles. The molecule has 4 rings (SSSR count). The van der Waals surface area contributed by atoms with Crippen molar-refractivity contribution in [3.8, 4) is 11.5 Å². The molecule has 0 N–H and O–H groups in total. The van der Waals surface area contributed by atoms with Crippen LogP contribution >= 0.6 is 24.0 Å². The molecule has 0 unspecified atom stereocenters. The first-order chi connectivity index (χ1) is 16.0. The van der Waals surface area contributed by atoms with E-state index in [2.05, 4.69) is 0 Å². The third-order valence-electron chi connectivity index (χ3n) is 4.83. The van der Waals surface area contributed by atoms with E-state index in [1.807, 2.05) is 43.3 Å². The van der Waals surface area contributed by atoms with E-state index in [-0.39, 0.29) is 5.91 Å². The van der Waals surface area contributed by atoms with Crippen molar-refractivity contribution in [2.75, 3.05) is 6.61 Å². The van der Waals surface area contributed by atoms with E-state index in [0.29, 0.717) is 39.4 Å². The zero-order valence-electron chi connectivity index (χ0n) is 17.9. The van der Waals surface area contributed by atoms with Crippen molar-refractivity contribution in [2.24, 2.45) is 0 Å². The third-order valence-corrected chi connectivity index (χ3v) is 6.21. The van der Waals surface area contributed by atoms with Gasteiger partial charge in [-0.1, -0.05) is 78.6 Å². The van der Waals surface area contributed by atoms with Crippen LogP contribution in [0.5, 0.6) is 11.5 Å². The maximum Gasteiger partial charge on any atom is 0.343 e. The van der Waals surface area contributed by atoms with Crippen LogP contribution in [0, 0.1) is 0 Å². The number of esters is 1. The lowest BCUT2D eigenvalue weighted by Gasteiger charge is -2.14. The van der Waals surface area contributed by atoms with Crippen molar-refractivity contribution in [2.45, 2.75) is 13.5 Å². The molecule has 0 saturated carbocycles. The Morgan fingerprint density at radius 2 is 1.70 bits per heavy atom. The number of carbonyl (C=O) groups is 2. The van der Waals surface area contributed by atoms with Gasteiger partial charge in [-0.05, 0) is 48.4 Å². The Hall–Kier alpha value is -3.42. The first-order valence-corrected chi connectivity index (χ1v) is 11.6. The summed E-state index contributed by atoms with van der Waals surface area (Å²) in [4.78, 5) is 27.5. The van der Waals surface area contributed by atoms with Crippen LogP contribution in [0.25, 0.3) is 6.08 Å². The van der Waals surface area contributed by atoms with Crippen molar-refractivity contribution >= 4 is 46.3 Å². The number of thioether (sulfide) groups is 1. The summed E-state index contributed by atoms with van der Waals surface area (Å²) in [6.45, 7) is 2.68. The number of rotatable bonds is 7. The van der Waals surface area contributed by atoms with Crippen LogP contribution in [0.1, 0.15) is 28.4 Å². The molecule has 0 atom stereocenters. The topological polar surface area (TPSA) is 55.8 Å². The van der Waals surface area contributed by atoms with Crippen molar-refractivity contribution < 1.29 is 19.1 Å². The Bertz CT molecular complexity index is 1210. The fourth-order valence-corrected chi connectivity index (χ4v) is 4.51. The minimum Gasteiger partial charge on any atom is -0.490 e. The van der Waals surface area contributed by atoms with Crippen LogP contribution in [0.4, 0.5) is 0 Å². The van der Waals surface area contributed by atoms with Gasteiger partial charge >= 0.3 is 5.97 Å². The van der Waals surface area contributed by atoms with Crippen LogP contribution in [-0.4, -0.2) is 27.7 Å². The van der Waals surface area contributed by atoms with Crippen LogP contribution in [0.3, 0.4) is 0 Å². The largest absolute Gasteiger partial charge is 0.490 e. The highest BCUT2D eigenvalue weighted by Gasteiger charge is 2.32. The van der Waals surface area contributed by atoms with Crippen LogP contribution < -0.4 is 9.47 Å². The molecule has 3 aromatic carbocycles. The van der Waals surface area contributed by atoms with Crippen molar-refractivity contribution in [3.63, 3.8) is 0 Å². The minimum absolute atomic E-state index is 0.133. The van der Waals surface area contributed by atoms with Gasteiger partial charge in [0.25, 0.3) is 5.91 Å². The summed E-state index contributed by atoms with van der Waals surface area (Å²) in [5.41, 5.74) is 2.21.